The lowest BCUT2D eigenvalue weighted by atomic mass is 9.95. The predicted octanol–water partition coefficient (Wildman–Crippen LogP) is 2.23. The minimum absolute atomic E-state index is 0.419. The third-order valence-electron chi connectivity index (χ3n) is 3.89. The first-order chi connectivity index (χ1) is 9.41. The highest BCUT2D eigenvalue weighted by Gasteiger charge is 2.23. The normalized spacial score (nSPS) is 17.8. The molecule has 5 heteroatoms. The zero-order valence-corrected chi connectivity index (χ0v) is 13.0. The molecule has 0 fully saturated rings. The van der Waals surface area contributed by atoms with Crippen LogP contribution >= 0.6 is 0 Å². The van der Waals surface area contributed by atoms with Crippen LogP contribution < -0.4 is 0 Å². The molecule has 0 saturated carbocycles. The quantitative estimate of drug-likeness (QED) is 0.906. The molecule has 1 aliphatic heterocycles. The zero-order chi connectivity index (χ0) is 14.8. The van der Waals surface area contributed by atoms with E-state index in [2.05, 4.69) is 6.92 Å². The van der Waals surface area contributed by atoms with E-state index in [1.807, 2.05) is 18.2 Å². The van der Waals surface area contributed by atoms with Crippen LogP contribution in [0.3, 0.4) is 0 Å². The number of rotatable bonds is 5. The highest BCUT2D eigenvalue weighted by molar-refractivity contribution is 7.88. The van der Waals surface area contributed by atoms with E-state index in [1.54, 1.807) is 0 Å². The van der Waals surface area contributed by atoms with Gasteiger partial charge in [0.2, 0.25) is 10.0 Å². The Kier molecular flexibility index (Phi) is 4.83. The number of aliphatic hydroxyl groups excluding tert-OH is 1. The largest absolute Gasteiger partial charge is 0.388 e. The first-order valence-electron chi connectivity index (χ1n) is 7.16. The smallest absolute Gasteiger partial charge is 0.211 e. The van der Waals surface area contributed by atoms with Gasteiger partial charge in [0.1, 0.15) is 0 Å². The number of hydrogen-bond donors (Lipinski definition) is 1. The van der Waals surface area contributed by atoms with Gasteiger partial charge in [-0.05, 0) is 29.5 Å². The summed E-state index contributed by atoms with van der Waals surface area (Å²) in [6.07, 6.45) is 4.35. The fraction of sp³-hybridized carbons (Fsp3) is 0.600. The molecule has 20 heavy (non-hydrogen) atoms. The summed E-state index contributed by atoms with van der Waals surface area (Å²) in [5.41, 5.74) is 3.11. The summed E-state index contributed by atoms with van der Waals surface area (Å²) in [6.45, 7) is 3.07. The Hall–Kier alpha value is -0.910. The first-order valence-corrected chi connectivity index (χ1v) is 9.01. The van der Waals surface area contributed by atoms with Gasteiger partial charge in [-0.15, -0.1) is 0 Å². The number of sulfonamides is 1. The van der Waals surface area contributed by atoms with E-state index >= 15 is 0 Å². The Bertz CT molecular complexity index is 568. The molecule has 0 radical (unpaired) electrons. The van der Waals surface area contributed by atoms with Gasteiger partial charge in [-0.3, -0.25) is 0 Å². The average Bonchev–Trinajstić information content (AvgIpc) is 2.42. The third kappa shape index (κ3) is 3.59. The zero-order valence-electron chi connectivity index (χ0n) is 12.2. The van der Waals surface area contributed by atoms with Gasteiger partial charge in [0.25, 0.3) is 0 Å². The van der Waals surface area contributed by atoms with E-state index in [9.17, 15) is 13.5 Å². The molecular formula is C15H23NO3S. The fourth-order valence-corrected chi connectivity index (χ4v) is 3.40. The lowest BCUT2D eigenvalue weighted by Crippen LogP contribution is -2.35. The Morgan fingerprint density at radius 3 is 2.75 bits per heavy atom. The molecule has 0 spiro atoms. The maximum Gasteiger partial charge on any atom is 0.211 e. The van der Waals surface area contributed by atoms with Crippen molar-refractivity contribution in [1.29, 1.82) is 0 Å². The van der Waals surface area contributed by atoms with Crippen molar-refractivity contribution < 1.29 is 13.5 Å². The van der Waals surface area contributed by atoms with Gasteiger partial charge in [0, 0.05) is 13.1 Å². The van der Waals surface area contributed by atoms with Crippen LogP contribution in [0.1, 0.15) is 49.0 Å². The number of aliphatic hydroxyl groups is 1. The summed E-state index contributed by atoms with van der Waals surface area (Å²) >= 11 is 0. The molecule has 0 amide bonds. The SMILES string of the molecule is CCCCC(O)c1ccc2c(c1)CN(S(C)(=O)=O)CC2. The van der Waals surface area contributed by atoms with Crippen molar-refractivity contribution >= 4 is 10.0 Å². The number of fused-ring (bicyclic) bond motifs is 1. The van der Waals surface area contributed by atoms with Crippen molar-refractivity contribution in [3.63, 3.8) is 0 Å². The van der Waals surface area contributed by atoms with E-state index in [1.165, 1.54) is 16.1 Å². The van der Waals surface area contributed by atoms with Gasteiger partial charge < -0.3 is 5.11 Å². The molecule has 1 aliphatic rings. The number of benzene rings is 1. The lowest BCUT2D eigenvalue weighted by Gasteiger charge is -2.27. The van der Waals surface area contributed by atoms with Gasteiger partial charge in [-0.2, -0.15) is 4.31 Å². The van der Waals surface area contributed by atoms with Crippen molar-refractivity contribution in [2.45, 2.75) is 45.3 Å². The molecule has 0 saturated heterocycles. The van der Waals surface area contributed by atoms with Crippen molar-refractivity contribution in [3.8, 4) is 0 Å². The second-order valence-electron chi connectivity index (χ2n) is 5.53. The highest BCUT2D eigenvalue weighted by Crippen LogP contribution is 2.26. The number of hydrogen-bond acceptors (Lipinski definition) is 3. The Labute approximate surface area is 121 Å². The summed E-state index contributed by atoms with van der Waals surface area (Å²) in [5, 5.41) is 10.1. The number of unbranched alkanes of at least 4 members (excludes halogenated alkanes) is 1. The molecule has 1 unspecified atom stereocenters. The minimum Gasteiger partial charge on any atom is -0.388 e. The molecule has 1 N–H and O–H groups in total. The summed E-state index contributed by atoms with van der Waals surface area (Å²) in [6, 6.07) is 5.96. The van der Waals surface area contributed by atoms with Crippen molar-refractivity contribution in [1.82, 2.24) is 4.31 Å². The van der Waals surface area contributed by atoms with Crippen LogP contribution in [0.2, 0.25) is 0 Å². The molecule has 1 heterocycles. The van der Waals surface area contributed by atoms with Gasteiger partial charge in [0.05, 0.1) is 12.4 Å². The lowest BCUT2D eigenvalue weighted by molar-refractivity contribution is 0.164. The van der Waals surface area contributed by atoms with Crippen molar-refractivity contribution in [3.05, 3.63) is 34.9 Å². The van der Waals surface area contributed by atoms with Crippen molar-refractivity contribution in [2.24, 2.45) is 0 Å². The average molecular weight is 297 g/mol. The van der Waals surface area contributed by atoms with Crippen LogP contribution in [0.15, 0.2) is 18.2 Å². The van der Waals surface area contributed by atoms with E-state index in [4.69, 9.17) is 0 Å². The first kappa shape index (κ1) is 15.5. The molecular weight excluding hydrogens is 274 g/mol. The molecule has 1 aromatic rings. The third-order valence-corrected chi connectivity index (χ3v) is 5.14. The summed E-state index contributed by atoms with van der Waals surface area (Å²) < 4.78 is 24.8. The van der Waals surface area contributed by atoms with Crippen LogP contribution in [-0.4, -0.2) is 30.6 Å². The molecule has 0 aromatic heterocycles. The second kappa shape index (κ2) is 6.24. The van der Waals surface area contributed by atoms with Crippen LogP contribution in [-0.2, 0) is 23.0 Å². The molecule has 1 atom stereocenters. The highest BCUT2D eigenvalue weighted by atomic mass is 32.2. The van der Waals surface area contributed by atoms with Gasteiger partial charge in [-0.25, -0.2) is 8.42 Å². The topological polar surface area (TPSA) is 57.6 Å². The van der Waals surface area contributed by atoms with Crippen LogP contribution in [0, 0.1) is 0 Å². The second-order valence-corrected chi connectivity index (χ2v) is 7.52. The van der Waals surface area contributed by atoms with E-state index in [0.717, 1.165) is 36.8 Å². The van der Waals surface area contributed by atoms with E-state index in [0.29, 0.717) is 13.1 Å². The summed E-state index contributed by atoms with van der Waals surface area (Å²) in [5.74, 6) is 0. The fourth-order valence-electron chi connectivity index (χ4n) is 2.61. The van der Waals surface area contributed by atoms with Crippen molar-refractivity contribution in [2.75, 3.05) is 12.8 Å². The van der Waals surface area contributed by atoms with Crippen LogP contribution in [0.4, 0.5) is 0 Å². The molecule has 0 aliphatic carbocycles. The summed E-state index contributed by atoms with van der Waals surface area (Å²) in [7, 11) is -3.15. The number of nitrogens with zero attached hydrogens (tertiary/aromatic N) is 1. The molecule has 1 aromatic carbocycles. The van der Waals surface area contributed by atoms with Gasteiger partial charge >= 0.3 is 0 Å². The Balaban J connectivity index is 2.18. The summed E-state index contributed by atoms with van der Waals surface area (Å²) in [4.78, 5) is 0. The van der Waals surface area contributed by atoms with Gasteiger partial charge in [-0.1, -0.05) is 38.0 Å². The van der Waals surface area contributed by atoms with Crippen LogP contribution in [0.5, 0.6) is 0 Å². The van der Waals surface area contributed by atoms with E-state index < -0.39 is 16.1 Å². The standard InChI is InChI=1S/C15H23NO3S/c1-3-4-5-15(17)13-7-6-12-8-9-16(20(2,18)19)11-14(12)10-13/h6-7,10,15,17H,3-5,8-9,11H2,1-2H3. The van der Waals surface area contributed by atoms with Gasteiger partial charge in [0.15, 0.2) is 0 Å². The van der Waals surface area contributed by atoms with E-state index in [-0.39, 0.29) is 0 Å². The predicted molar refractivity (Wildman–Crippen MR) is 79.9 cm³/mol. The monoisotopic (exact) mass is 297 g/mol. The maximum absolute atomic E-state index is 11.6. The molecule has 112 valence electrons. The molecule has 0 bridgehead atoms. The Morgan fingerprint density at radius 2 is 2.10 bits per heavy atom. The molecule has 2 rings (SSSR count). The maximum atomic E-state index is 11.6. The molecule has 4 nitrogen and oxygen atoms in total. The van der Waals surface area contributed by atoms with Crippen LogP contribution in [0.25, 0.3) is 0 Å². The minimum atomic E-state index is -3.15. The Morgan fingerprint density at radius 1 is 1.35 bits per heavy atom.